The Morgan fingerprint density at radius 2 is 1.63 bits per heavy atom. The molecule has 4 aromatic rings. The van der Waals surface area contributed by atoms with Gasteiger partial charge >= 0.3 is 11.0 Å². The average Bonchev–Trinajstić information content (AvgIpc) is 3.49. The van der Waals surface area contributed by atoms with Crippen LogP contribution >= 0.6 is 23.1 Å². The Labute approximate surface area is 284 Å². The summed E-state index contributed by atoms with van der Waals surface area (Å²) >= 11 is 1.58. The first kappa shape index (κ1) is 34.2. The number of aromatic nitrogens is 1. The third kappa shape index (κ3) is 6.20. The summed E-state index contributed by atoms with van der Waals surface area (Å²) in [5.41, 5.74) is -1.14. The highest BCUT2D eigenvalue weighted by molar-refractivity contribution is 8.00. The van der Waals surface area contributed by atoms with E-state index in [0.717, 1.165) is 45.9 Å². The molecule has 0 spiro atoms. The Hall–Kier alpha value is -4.65. The van der Waals surface area contributed by atoms with Crippen LogP contribution in [0.4, 0.5) is 24.5 Å². The number of imide groups is 1. The first-order valence-corrected chi connectivity index (χ1v) is 17.5. The maximum Gasteiger partial charge on any atom is 0.418 e. The largest absolute Gasteiger partial charge is 0.493 e. The summed E-state index contributed by atoms with van der Waals surface area (Å²) in [5, 5.41) is 6.63. The highest BCUT2D eigenvalue weighted by Crippen LogP contribution is 2.55. The number of carbonyl (C=O) groups is 3. The monoisotopic (exact) mass is 734 g/mol. The second-order valence-electron chi connectivity index (χ2n) is 10.9. The van der Waals surface area contributed by atoms with Gasteiger partial charge in [0, 0.05) is 16.5 Å². The minimum absolute atomic E-state index is 0.177. The summed E-state index contributed by atoms with van der Waals surface area (Å²) in [5.74, 6) is -4.05. The number of carbonyl (C=O) groups excluding carboxylic acids is 3. The van der Waals surface area contributed by atoms with Gasteiger partial charge in [-0.05, 0) is 54.1 Å². The number of thioether (sulfide) groups is 1. The molecule has 3 amide bonds. The normalized spacial score (nSPS) is 19.0. The fourth-order valence-electron chi connectivity index (χ4n) is 5.88. The van der Waals surface area contributed by atoms with Gasteiger partial charge in [0.05, 0.1) is 41.3 Å². The summed E-state index contributed by atoms with van der Waals surface area (Å²) < 4.78 is 77.2. The summed E-state index contributed by atoms with van der Waals surface area (Å²) in [6, 6.07) is 14.0. The molecule has 18 heteroatoms. The quantitative estimate of drug-likeness (QED) is 0.254. The number of sulfonamides is 1. The zero-order valence-electron chi connectivity index (χ0n) is 25.4. The van der Waals surface area contributed by atoms with E-state index >= 15 is 0 Å². The number of methoxy groups -OCH3 is 2. The molecule has 2 aliphatic rings. The number of amides is 3. The second-order valence-corrected chi connectivity index (χ2v) is 14.6. The number of rotatable bonds is 8. The maximum atomic E-state index is 14.1. The van der Waals surface area contributed by atoms with Crippen LogP contribution in [0.3, 0.4) is 0 Å². The van der Waals surface area contributed by atoms with E-state index in [1.54, 1.807) is 18.2 Å². The zero-order valence-corrected chi connectivity index (χ0v) is 27.8. The molecule has 1 saturated heterocycles. The summed E-state index contributed by atoms with van der Waals surface area (Å²) in [7, 11) is -1.16. The Balaban J connectivity index is 1.43. The van der Waals surface area contributed by atoms with Gasteiger partial charge in [0.2, 0.25) is 27.7 Å². The molecule has 0 unspecified atom stereocenters. The maximum absolute atomic E-state index is 14.1. The van der Waals surface area contributed by atoms with E-state index in [-0.39, 0.29) is 21.4 Å². The molecular formula is C31H25F3N4O8S3. The number of primary sulfonamides is 1. The molecule has 0 bridgehead atoms. The van der Waals surface area contributed by atoms with Gasteiger partial charge in [-0.25, -0.2) is 18.5 Å². The van der Waals surface area contributed by atoms with Gasteiger partial charge in [-0.1, -0.05) is 41.3 Å². The Bertz CT molecular complexity index is 2170. The van der Waals surface area contributed by atoms with Crippen molar-refractivity contribution in [2.24, 2.45) is 11.1 Å². The molecule has 1 aromatic heterocycles. The van der Waals surface area contributed by atoms with Gasteiger partial charge in [-0.2, -0.15) is 13.2 Å². The van der Waals surface area contributed by atoms with Crippen molar-refractivity contribution < 1.29 is 45.4 Å². The number of para-hydroxylation sites is 1. The molecule has 3 aromatic carbocycles. The summed E-state index contributed by atoms with van der Waals surface area (Å²) in [6.45, 7) is -0.534. The minimum Gasteiger partial charge on any atom is -0.493 e. The van der Waals surface area contributed by atoms with Gasteiger partial charge in [0.25, 0.3) is 0 Å². The van der Waals surface area contributed by atoms with Crippen molar-refractivity contribution in [3.8, 4) is 11.5 Å². The van der Waals surface area contributed by atoms with Gasteiger partial charge in [0.1, 0.15) is 11.8 Å². The minimum atomic E-state index is -4.87. The first-order chi connectivity index (χ1) is 23.1. The van der Waals surface area contributed by atoms with E-state index in [9.17, 15) is 40.8 Å². The number of halogens is 3. The molecule has 256 valence electrons. The number of nitrogens with zero attached hydrogens (tertiary/aromatic N) is 2. The van der Waals surface area contributed by atoms with Crippen LogP contribution in [0.1, 0.15) is 21.9 Å². The van der Waals surface area contributed by atoms with Crippen LogP contribution in [-0.2, 0) is 37.1 Å². The molecule has 12 nitrogen and oxygen atoms in total. The van der Waals surface area contributed by atoms with Crippen molar-refractivity contribution >= 4 is 62.2 Å². The second kappa shape index (κ2) is 12.7. The predicted octanol–water partition coefficient (Wildman–Crippen LogP) is 4.03. The predicted molar refractivity (Wildman–Crippen MR) is 173 cm³/mol. The smallest absolute Gasteiger partial charge is 0.418 e. The fourth-order valence-corrected chi connectivity index (χ4v) is 9.17. The van der Waals surface area contributed by atoms with Crippen molar-refractivity contribution in [2.75, 3.05) is 24.4 Å². The van der Waals surface area contributed by atoms with Crippen LogP contribution in [0, 0.1) is 5.92 Å². The van der Waals surface area contributed by atoms with E-state index in [1.165, 1.54) is 44.6 Å². The number of anilines is 2. The number of benzene rings is 3. The first-order valence-electron chi connectivity index (χ1n) is 14.2. The molecule has 0 aliphatic carbocycles. The van der Waals surface area contributed by atoms with E-state index in [4.69, 9.17) is 14.6 Å². The van der Waals surface area contributed by atoms with Gasteiger partial charge < -0.3 is 14.8 Å². The number of ether oxygens (including phenoxy) is 2. The summed E-state index contributed by atoms with van der Waals surface area (Å²) in [4.78, 5) is 54.8. The standard InChI is InChI=1S/C31H25F3N4O8S3/c1-45-20-12-7-15(13-21(20)46-2)23-24-25(28(41)38(27(24)40)19-6-4-3-5-18(19)31(32,33)34)47-29-26(23)48-30(42)37(29)14-22(39)36-16-8-10-17(11-9-16)49(35,43)44/h3-13,23-25H,14H2,1-2H3,(H,36,39)(H2,35,43,44)/t23-,24-,25+/m0/s1. The zero-order chi connectivity index (χ0) is 35.4. The molecule has 2 aliphatic heterocycles. The Morgan fingerprint density at radius 1 is 0.959 bits per heavy atom. The third-order valence-corrected chi connectivity index (χ3v) is 11.6. The Kier molecular flexibility index (Phi) is 8.85. The lowest BCUT2D eigenvalue weighted by molar-refractivity contribution is -0.137. The average molecular weight is 735 g/mol. The van der Waals surface area contributed by atoms with Gasteiger partial charge in [-0.15, -0.1) is 0 Å². The number of nitrogens with one attached hydrogen (secondary N) is 1. The van der Waals surface area contributed by atoms with Gasteiger partial charge in [-0.3, -0.25) is 23.7 Å². The molecule has 3 N–H and O–H groups in total. The highest BCUT2D eigenvalue weighted by Gasteiger charge is 2.58. The number of hydrogen-bond acceptors (Lipinski definition) is 10. The molecule has 3 heterocycles. The molecule has 0 radical (unpaired) electrons. The number of nitrogens with two attached hydrogens (primary N) is 1. The van der Waals surface area contributed by atoms with Crippen LogP contribution in [0.25, 0.3) is 0 Å². The van der Waals surface area contributed by atoms with Crippen molar-refractivity contribution in [1.82, 2.24) is 4.57 Å². The molecule has 6 rings (SSSR count). The van der Waals surface area contributed by atoms with Crippen molar-refractivity contribution in [3.05, 3.63) is 92.4 Å². The fraction of sp³-hybridized carbons (Fsp3) is 0.226. The van der Waals surface area contributed by atoms with Crippen LogP contribution in [0.15, 0.2) is 81.4 Å². The molecular weight excluding hydrogens is 710 g/mol. The Morgan fingerprint density at radius 3 is 2.27 bits per heavy atom. The SMILES string of the molecule is COc1ccc([C@@H]2c3sc(=O)n(CC(=O)Nc4ccc(S(N)(=O)=O)cc4)c3S[C@H]3C(=O)N(c4ccccc4C(F)(F)F)C(=O)[C@@H]23)cc1OC. The lowest BCUT2D eigenvalue weighted by Gasteiger charge is -2.31. The van der Waals surface area contributed by atoms with Crippen LogP contribution in [-0.4, -0.2) is 50.2 Å². The lowest BCUT2D eigenvalue weighted by atomic mass is 9.83. The number of hydrogen-bond donors (Lipinski definition) is 2. The van der Waals surface area contributed by atoms with Crippen molar-refractivity contribution in [1.29, 1.82) is 0 Å². The third-order valence-electron chi connectivity index (χ3n) is 8.03. The lowest BCUT2D eigenvalue weighted by Crippen LogP contribution is -2.33. The molecule has 1 fully saturated rings. The summed E-state index contributed by atoms with van der Waals surface area (Å²) in [6.07, 6.45) is -4.87. The van der Waals surface area contributed by atoms with E-state index in [2.05, 4.69) is 5.32 Å². The van der Waals surface area contributed by atoms with Crippen molar-refractivity contribution in [2.45, 2.75) is 33.8 Å². The number of alkyl halides is 3. The topological polar surface area (TPSA) is 167 Å². The van der Waals surface area contributed by atoms with E-state index < -0.39 is 73.7 Å². The number of thiazole rings is 1. The number of fused-ring (bicyclic) bond motifs is 2. The van der Waals surface area contributed by atoms with E-state index in [1.807, 2.05) is 0 Å². The molecule has 49 heavy (non-hydrogen) atoms. The van der Waals surface area contributed by atoms with Crippen LogP contribution < -0.4 is 29.7 Å². The van der Waals surface area contributed by atoms with Gasteiger partial charge in [0.15, 0.2) is 11.5 Å². The van der Waals surface area contributed by atoms with Crippen LogP contribution in [0.5, 0.6) is 11.5 Å². The molecule has 3 atom stereocenters. The molecule has 0 saturated carbocycles. The van der Waals surface area contributed by atoms with Crippen molar-refractivity contribution in [3.63, 3.8) is 0 Å². The van der Waals surface area contributed by atoms with E-state index in [0.29, 0.717) is 21.1 Å². The van der Waals surface area contributed by atoms with Crippen LogP contribution in [0.2, 0.25) is 0 Å². The highest BCUT2D eigenvalue weighted by atomic mass is 32.2.